The minimum absolute atomic E-state index is 0.170. The second kappa shape index (κ2) is 6.00. The van der Waals surface area contributed by atoms with E-state index in [0.717, 1.165) is 18.4 Å². The Bertz CT molecular complexity index is 505. The molecule has 1 aromatic heterocycles. The van der Waals surface area contributed by atoms with E-state index in [-0.39, 0.29) is 6.03 Å². The second-order valence-corrected chi connectivity index (χ2v) is 4.28. The molecule has 0 atom stereocenters. The summed E-state index contributed by atoms with van der Waals surface area (Å²) in [5.74, 6) is 0. The smallest absolute Gasteiger partial charge is 0.336 e. The van der Waals surface area contributed by atoms with Crippen molar-refractivity contribution in [2.75, 3.05) is 6.54 Å². The number of aryl methyl sites for hydroxylation is 2. The van der Waals surface area contributed by atoms with Crippen molar-refractivity contribution in [1.82, 2.24) is 15.1 Å². The van der Waals surface area contributed by atoms with Gasteiger partial charge in [-0.3, -0.25) is 0 Å². The minimum Gasteiger partial charge on any atom is -0.336 e. The van der Waals surface area contributed by atoms with Crippen molar-refractivity contribution in [3.63, 3.8) is 0 Å². The summed E-state index contributed by atoms with van der Waals surface area (Å²) in [6, 6.07) is 10.1. The average Bonchev–Trinajstić information content (AvgIpc) is 2.82. The molecule has 0 radical (unpaired) electrons. The average molecular weight is 243 g/mol. The van der Waals surface area contributed by atoms with Crippen molar-refractivity contribution < 1.29 is 4.79 Å². The Morgan fingerprint density at radius 1 is 1.33 bits per heavy atom. The molecular formula is C14H17N3O. The normalized spacial score (nSPS) is 10.3. The van der Waals surface area contributed by atoms with Gasteiger partial charge in [-0.05, 0) is 30.9 Å². The molecule has 0 unspecified atom stereocenters. The number of nitrogens with one attached hydrogen (secondary N) is 1. The van der Waals surface area contributed by atoms with E-state index in [4.69, 9.17) is 0 Å². The van der Waals surface area contributed by atoms with Gasteiger partial charge in [-0.2, -0.15) is 9.78 Å². The first-order valence-electron chi connectivity index (χ1n) is 6.09. The Balaban J connectivity index is 1.71. The SMILES string of the molecule is Cc1cnn(C(=O)NCCCc2ccccc2)c1. The summed E-state index contributed by atoms with van der Waals surface area (Å²) < 4.78 is 1.33. The number of hydrogen-bond acceptors (Lipinski definition) is 2. The standard InChI is InChI=1S/C14H17N3O/c1-12-10-16-17(11-12)14(18)15-9-5-8-13-6-3-2-4-7-13/h2-4,6-7,10-11H,5,8-9H2,1H3,(H,15,18). The highest BCUT2D eigenvalue weighted by molar-refractivity contribution is 5.75. The van der Waals surface area contributed by atoms with Gasteiger partial charge >= 0.3 is 6.03 Å². The Kier molecular flexibility index (Phi) is 4.12. The molecule has 0 spiro atoms. The highest BCUT2D eigenvalue weighted by atomic mass is 16.2. The van der Waals surface area contributed by atoms with Crippen LogP contribution in [0.25, 0.3) is 0 Å². The molecule has 0 aliphatic rings. The van der Waals surface area contributed by atoms with Crippen LogP contribution in [0.15, 0.2) is 42.7 Å². The Hall–Kier alpha value is -2.10. The number of benzene rings is 1. The van der Waals surface area contributed by atoms with Crippen LogP contribution in [0.1, 0.15) is 17.5 Å². The van der Waals surface area contributed by atoms with Gasteiger partial charge in [0, 0.05) is 12.7 Å². The molecule has 0 fully saturated rings. The van der Waals surface area contributed by atoms with Crippen LogP contribution in [0.5, 0.6) is 0 Å². The number of nitrogens with zero attached hydrogens (tertiary/aromatic N) is 2. The number of hydrogen-bond donors (Lipinski definition) is 1. The fourth-order valence-corrected chi connectivity index (χ4v) is 1.74. The van der Waals surface area contributed by atoms with Crippen molar-refractivity contribution in [3.05, 3.63) is 53.9 Å². The zero-order valence-electron chi connectivity index (χ0n) is 10.5. The summed E-state index contributed by atoms with van der Waals surface area (Å²) in [5.41, 5.74) is 2.27. The molecule has 4 nitrogen and oxygen atoms in total. The zero-order valence-corrected chi connectivity index (χ0v) is 10.5. The molecular weight excluding hydrogens is 226 g/mol. The van der Waals surface area contributed by atoms with Crippen LogP contribution in [-0.4, -0.2) is 22.4 Å². The number of carbonyl (C=O) groups is 1. The predicted molar refractivity (Wildman–Crippen MR) is 70.5 cm³/mol. The maximum Gasteiger partial charge on any atom is 0.342 e. The van der Waals surface area contributed by atoms with E-state index in [1.54, 1.807) is 12.4 Å². The van der Waals surface area contributed by atoms with Gasteiger partial charge in [-0.25, -0.2) is 4.79 Å². The number of rotatable bonds is 4. The summed E-state index contributed by atoms with van der Waals surface area (Å²) in [4.78, 5) is 11.7. The molecule has 0 aliphatic carbocycles. The van der Waals surface area contributed by atoms with Gasteiger partial charge < -0.3 is 5.32 Å². The largest absolute Gasteiger partial charge is 0.342 e. The highest BCUT2D eigenvalue weighted by Crippen LogP contribution is 2.01. The third kappa shape index (κ3) is 3.45. The molecule has 18 heavy (non-hydrogen) atoms. The minimum atomic E-state index is -0.170. The molecule has 1 N–H and O–H groups in total. The van der Waals surface area contributed by atoms with Gasteiger partial charge in [0.1, 0.15) is 0 Å². The van der Waals surface area contributed by atoms with Crippen molar-refractivity contribution >= 4 is 6.03 Å². The molecule has 0 bridgehead atoms. The quantitative estimate of drug-likeness (QED) is 0.838. The first kappa shape index (κ1) is 12.4. The molecule has 94 valence electrons. The maximum absolute atomic E-state index is 11.7. The lowest BCUT2D eigenvalue weighted by Crippen LogP contribution is -2.29. The van der Waals surface area contributed by atoms with E-state index in [1.807, 2.05) is 25.1 Å². The molecule has 1 aromatic carbocycles. The van der Waals surface area contributed by atoms with E-state index < -0.39 is 0 Å². The van der Waals surface area contributed by atoms with Gasteiger partial charge in [-0.1, -0.05) is 30.3 Å². The maximum atomic E-state index is 11.7. The van der Waals surface area contributed by atoms with E-state index in [1.165, 1.54) is 10.2 Å². The number of aromatic nitrogens is 2. The highest BCUT2D eigenvalue weighted by Gasteiger charge is 2.03. The topological polar surface area (TPSA) is 46.9 Å². The van der Waals surface area contributed by atoms with Crippen LogP contribution >= 0.6 is 0 Å². The van der Waals surface area contributed by atoms with Gasteiger partial charge in [0.15, 0.2) is 0 Å². The van der Waals surface area contributed by atoms with Gasteiger partial charge in [0.25, 0.3) is 0 Å². The fraction of sp³-hybridized carbons (Fsp3) is 0.286. The van der Waals surface area contributed by atoms with E-state index in [0.29, 0.717) is 6.54 Å². The van der Waals surface area contributed by atoms with Crippen molar-refractivity contribution in [1.29, 1.82) is 0 Å². The van der Waals surface area contributed by atoms with Crippen molar-refractivity contribution in [2.24, 2.45) is 0 Å². The van der Waals surface area contributed by atoms with Crippen LogP contribution in [-0.2, 0) is 6.42 Å². The van der Waals surface area contributed by atoms with Crippen LogP contribution in [0.2, 0.25) is 0 Å². The Morgan fingerprint density at radius 2 is 2.11 bits per heavy atom. The van der Waals surface area contributed by atoms with E-state index >= 15 is 0 Å². The first-order chi connectivity index (χ1) is 8.75. The molecule has 1 amide bonds. The Morgan fingerprint density at radius 3 is 2.78 bits per heavy atom. The number of carbonyl (C=O) groups excluding carboxylic acids is 1. The van der Waals surface area contributed by atoms with Crippen LogP contribution < -0.4 is 5.32 Å². The van der Waals surface area contributed by atoms with E-state index in [9.17, 15) is 4.79 Å². The van der Waals surface area contributed by atoms with Crippen molar-refractivity contribution in [3.8, 4) is 0 Å². The molecule has 0 saturated carbocycles. The Labute approximate surface area is 107 Å². The lowest BCUT2D eigenvalue weighted by Gasteiger charge is -2.04. The van der Waals surface area contributed by atoms with Gasteiger partial charge in [0.2, 0.25) is 0 Å². The first-order valence-corrected chi connectivity index (χ1v) is 6.09. The molecule has 0 saturated heterocycles. The fourth-order valence-electron chi connectivity index (χ4n) is 1.74. The van der Waals surface area contributed by atoms with Gasteiger partial charge in [-0.15, -0.1) is 0 Å². The lowest BCUT2D eigenvalue weighted by molar-refractivity contribution is 0.239. The number of amides is 1. The summed E-state index contributed by atoms with van der Waals surface area (Å²) in [6.45, 7) is 2.57. The summed E-state index contributed by atoms with van der Waals surface area (Å²) in [5, 5.41) is 6.80. The predicted octanol–water partition coefficient (Wildman–Crippen LogP) is 2.38. The van der Waals surface area contributed by atoms with Crippen LogP contribution in [0, 0.1) is 6.92 Å². The molecule has 2 aromatic rings. The van der Waals surface area contributed by atoms with E-state index in [2.05, 4.69) is 22.5 Å². The lowest BCUT2D eigenvalue weighted by atomic mass is 10.1. The molecule has 4 heteroatoms. The van der Waals surface area contributed by atoms with Crippen molar-refractivity contribution in [2.45, 2.75) is 19.8 Å². The van der Waals surface area contributed by atoms with Crippen LogP contribution in [0.3, 0.4) is 0 Å². The van der Waals surface area contributed by atoms with Crippen LogP contribution in [0.4, 0.5) is 4.79 Å². The summed E-state index contributed by atoms with van der Waals surface area (Å²) in [7, 11) is 0. The molecule has 1 heterocycles. The summed E-state index contributed by atoms with van der Waals surface area (Å²) in [6.07, 6.45) is 5.28. The van der Waals surface area contributed by atoms with Gasteiger partial charge in [0.05, 0.1) is 6.20 Å². The zero-order chi connectivity index (χ0) is 12.8. The molecule has 0 aliphatic heterocycles. The summed E-state index contributed by atoms with van der Waals surface area (Å²) >= 11 is 0. The third-order valence-electron chi connectivity index (χ3n) is 2.68. The molecule has 2 rings (SSSR count). The monoisotopic (exact) mass is 243 g/mol. The third-order valence-corrected chi connectivity index (χ3v) is 2.68. The second-order valence-electron chi connectivity index (χ2n) is 4.28.